The Labute approximate surface area is 178 Å². The third-order valence-corrected chi connectivity index (χ3v) is 5.26. The van der Waals surface area contributed by atoms with Gasteiger partial charge in [-0.25, -0.2) is 4.79 Å². The number of fused-ring (bicyclic) bond motifs is 1. The van der Waals surface area contributed by atoms with E-state index in [-0.39, 0.29) is 44.6 Å². The van der Waals surface area contributed by atoms with Gasteiger partial charge in [0.25, 0.3) is 5.91 Å². The number of benzene rings is 2. The molecule has 4 amide bonds. The molecule has 4 rings (SSSR count). The van der Waals surface area contributed by atoms with Gasteiger partial charge in [0, 0.05) is 6.42 Å². The van der Waals surface area contributed by atoms with E-state index < -0.39 is 18.1 Å². The van der Waals surface area contributed by atoms with Crippen LogP contribution in [-0.4, -0.2) is 47.3 Å². The van der Waals surface area contributed by atoms with E-state index in [1.165, 1.54) is 0 Å². The number of hydrogen-bond donors (Lipinski definition) is 3. The molecule has 0 spiro atoms. The first-order chi connectivity index (χ1) is 15.0. The Morgan fingerprint density at radius 1 is 1.16 bits per heavy atom. The molecule has 2 aliphatic rings. The summed E-state index contributed by atoms with van der Waals surface area (Å²) in [4.78, 5) is 38.4. The number of carbonyl (C=O) groups excluding carboxylic acids is 3. The Bertz CT molecular complexity index is 980. The van der Waals surface area contributed by atoms with Gasteiger partial charge < -0.3 is 25.2 Å². The van der Waals surface area contributed by atoms with Crippen LogP contribution in [0.4, 0.5) is 4.79 Å². The summed E-state index contributed by atoms with van der Waals surface area (Å²) >= 11 is 0. The number of nitrogens with one attached hydrogen (secondary N) is 2. The number of rotatable bonds is 8. The second kappa shape index (κ2) is 9.05. The van der Waals surface area contributed by atoms with Gasteiger partial charge in [0.1, 0.15) is 6.04 Å². The SMILES string of the molecule is O=C(CC[C@@H]1NC(=O)N(Cc2ccc3c(c2)OCO3)C1=O)N[C@H](CO)c1ccccc1. The highest BCUT2D eigenvalue weighted by Gasteiger charge is 2.38. The third kappa shape index (κ3) is 4.61. The van der Waals surface area contributed by atoms with Gasteiger partial charge in [0.15, 0.2) is 11.5 Å². The van der Waals surface area contributed by atoms with Crippen LogP contribution < -0.4 is 20.1 Å². The first-order valence-corrected chi connectivity index (χ1v) is 10.0. The van der Waals surface area contributed by atoms with E-state index in [2.05, 4.69) is 10.6 Å². The lowest BCUT2D eigenvalue weighted by atomic mass is 10.1. The largest absolute Gasteiger partial charge is 0.454 e. The predicted octanol–water partition coefficient (Wildman–Crippen LogP) is 1.47. The van der Waals surface area contributed by atoms with Gasteiger partial charge in [-0.3, -0.25) is 14.5 Å². The summed E-state index contributed by atoms with van der Waals surface area (Å²) in [6.45, 7) is 0.0101. The zero-order valence-corrected chi connectivity index (χ0v) is 16.7. The van der Waals surface area contributed by atoms with Crippen molar-refractivity contribution in [2.24, 2.45) is 0 Å². The minimum Gasteiger partial charge on any atom is -0.454 e. The molecule has 162 valence electrons. The predicted molar refractivity (Wildman–Crippen MR) is 109 cm³/mol. The van der Waals surface area contributed by atoms with Crippen LogP contribution in [0, 0.1) is 0 Å². The van der Waals surface area contributed by atoms with Gasteiger partial charge in [-0.15, -0.1) is 0 Å². The molecule has 2 aliphatic heterocycles. The van der Waals surface area contributed by atoms with Gasteiger partial charge in [-0.2, -0.15) is 0 Å². The fourth-order valence-electron chi connectivity index (χ4n) is 3.61. The number of amides is 4. The van der Waals surface area contributed by atoms with Crippen molar-refractivity contribution >= 4 is 17.8 Å². The first kappa shape index (κ1) is 20.7. The summed E-state index contributed by atoms with van der Waals surface area (Å²) in [5.41, 5.74) is 1.53. The number of carbonyl (C=O) groups is 3. The van der Waals surface area contributed by atoms with E-state index in [1.807, 2.05) is 30.3 Å². The number of urea groups is 1. The Morgan fingerprint density at radius 3 is 2.71 bits per heavy atom. The van der Waals surface area contributed by atoms with Crippen molar-refractivity contribution in [3.05, 3.63) is 59.7 Å². The van der Waals surface area contributed by atoms with Crippen LogP contribution in [0.1, 0.15) is 30.0 Å². The van der Waals surface area contributed by atoms with E-state index >= 15 is 0 Å². The molecular formula is C22H23N3O6. The van der Waals surface area contributed by atoms with Crippen LogP contribution >= 0.6 is 0 Å². The number of hydrogen-bond acceptors (Lipinski definition) is 6. The van der Waals surface area contributed by atoms with Crippen molar-refractivity contribution in [2.75, 3.05) is 13.4 Å². The lowest BCUT2D eigenvalue weighted by Gasteiger charge is -2.17. The van der Waals surface area contributed by atoms with E-state index in [0.29, 0.717) is 11.5 Å². The minimum absolute atomic E-state index is 0.0396. The molecule has 1 saturated heterocycles. The lowest BCUT2D eigenvalue weighted by Crippen LogP contribution is -2.34. The minimum atomic E-state index is -0.767. The van der Waals surface area contributed by atoms with Crippen LogP contribution in [-0.2, 0) is 16.1 Å². The molecule has 0 bridgehead atoms. The third-order valence-electron chi connectivity index (χ3n) is 5.26. The van der Waals surface area contributed by atoms with Gasteiger partial charge in [0.2, 0.25) is 12.7 Å². The molecule has 2 atom stereocenters. The first-order valence-electron chi connectivity index (χ1n) is 10.0. The maximum atomic E-state index is 12.7. The van der Waals surface area contributed by atoms with E-state index in [4.69, 9.17) is 9.47 Å². The van der Waals surface area contributed by atoms with Crippen LogP contribution in [0.2, 0.25) is 0 Å². The van der Waals surface area contributed by atoms with Gasteiger partial charge in [-0.05, 0) is 29.7 Å². The molecule has 0 unspecified atom stereocenters. The second-order valence-corrected chi connectivity index (χ2v) is 7.37. The standard InChI is InChI=1S/C22H23N3O6/c26-12-17(15-4-2-1-3-5-15)23-20(27)9-7-16-21(28)25(22(29)24-16)11-14-6-8-18-19(10-14)31-13-30-18/h1-6,8,10,16-17,26H,7,9,11-13H2,(H,23,27)(H,24,29)/t16-,17+/m0/s1. The Balaban J connectivity index is 1.31. The Morgan fingerprint density at radius 2 is 1.94 bits per heavy atom. The average molecular weight is 425 g/mol. The molecule has 3 N–H and O–H groups in total. The number of aliphatic hydroxyl groups is 1. The average Bonchev–Trinajstić information content (AvgIpc) is 3.36. The normalized spacial score (nSPS) is 18.1. The van der Waals surface area contributed by atoms with Crippen LogP contribution in [0.3, 0.4) is 0 Å². The zero-order valence-electron chi connectivity index (χ0n) is 16.7. The van der Waals surface area contributed by atoms with Crippen molar-refractivity contribution < 1.29 is 29.0 Å². The van der Waals surface area contributed by atoms with E-state index in [0.717, 1.165) is 16.0 Å². The van der Waals surface area contributed by atoms with Gasteiger partial charge >= 0.3 is 6.03 Å². The quantitative estimate of drug-likeness (QED) is 0.552. The number of aliphatic hydroxyl groups excluding tert-OH is 1. The molecule has 0 aliphatic carbocycles. The molecule has 0 radical (unpaired) electrons. The Kier molecular flexibility index (Phi) is 6.03. The summed E-state index contributed by atoms with van der Waals surface area (Å²) in [5, 5.41) is 15.0. The highest BCUT2D eigenvalue weighted by molar-refractivity contribution is 6.04. The van der Waals surface area contributed by atoms with Crippen LogP contribution in [0.5, 0.6) is 11.5 Å². The molecule has 0 aromatic heterocycles. The molecule has 2 aromatic rings. The van der Waals surface area contributed by atoms with Crippen molar-refractivity contribution in [1.82, 2.24) is 15.5 Å². The van der Waals surface area contributed by atoms with Crippen molar-refractivity contribution in [3.63, 3.8) is 0 Å². The fraction of sp³-hybridized carbons (Fsp3) is 0.318. The summed E-state index contributed by atoms with van der Waals surface area (Å²) < 4.78 is 10.6. The highest BCUT2D eigenvalue weighted by Crippen LogP contribution is 2.33. The summed E-state index contributed by atoms with van der Waals surface area (Å²) in [6.07, 6.45) is 0.207. The molecule has 2 heterocycles. The smallest absolute Gasteiger partial charge is 0.325 e. The summed E-state index contributed by atoms with van der Waals surface area (Å²) in [5.74, 6) is 0.521. The maximum Gasteiger partial charge on any atom is 0.325 e. The zero-order chi connectivity index (χ0) is 21.8. The highest BCUT2D eigenvalue weighted by atomic mass is 16.7. The van der Waals surface area contributed by atoms with Crippen molar-refractivity contribution in [3.8, 4) is 11.5 Å². The summed E-state index contributed by atoms with van der Waals surface area (Å²) in [7, 11) is 0. The number of ether oxygens (including phenoxy) is 2. The van der Waals surface area contributed by atoms with Crippen molar-refractivity contribution in [2.45, 2.75) is 31.5 Å². The van der Waals surface area contributed by atoms with E-state index in [9.17, 15) is 19.5 Å². The topological polar surface area (TPSA) is 117 Å². The molecule has 0 saturated carbocycles. The number of nitrogens with zero attached hydrogens (tertiary/aromatic N) is 1. The molecule has 31 heavy (non-hydrogen) atoms. The monoisotopic (exact) mass is 425 g/mol. The molecular weight excluding hydrogens is 402 g/mol. The molecule has 9 heteroatoms. The fourth-order valence-corrected chi connectivity index (χ4v) is 3.61. The molecule has 2 aromatic carbocycles. The molecule has 1 fully saturated rings. The maximum absolute atomic E-state index is 12.7. The lowest BCUT2D eigenvalue weighted by molar-refractivity contribution is -0.128. The van der Waals surface area contributed by atoms with Gasteiger partial charge in [0.05, 0.1) is 19.2 Å². The molecule has 9 nitrogen and oxygen atoms in total. The number of imide groups is 1. The second-order valence-electron chi connectivity index (χ2n) is 7.37. The van der Waals surface area contributed by atoms with Gasteiger partial charge in [-0.1, -0.05) is 36.4 Å². The Hall–Kier alpha value is -3.59. The van der Waals surface area contributed by atoms with Crippen molar-refractivity contribution in [1.29, 1.82) is 0 Å². The summed E-state index contributed by atoms with van der Waals surface area (Å²) in [6, 6.07) is 12.6. The van der Waals surface area contributed by atoms with Crippen LogP contribution in [0.25, 0.3) is 0 Å². The van der Waals surface area contributed by atoms with E-state index in [1.54, 1.807) is 18.2 Å². The van der Waals surface area contributed by atoms with Crippen LogP contribution in [0.15, 0.2) is 48.5 Å².